The van der Waals surface area contributed by atoms with Crippen LogP contribution in [-0.4, -0.2) is 12.8 Å². The molecule has 0 fully saturated rings. The lowest BCUT2D eigenvalue weighted by Gasteiger charge is -2.53. The summed E-state index contributed by atoms with van der Waals surface area (Å²) in [4.78, 5) is 7.98. The molecule has 0 bridgehead atoms. The summed E-state index contributed by atoms with van der Waals surface area (Å²) in [5.41, 5.74) is 26.7. The number of nitrogens with zero attached hydrogens (tertiary/aromatic N) is 3. The number of aryl methyl sites for hydroxylation is 2. The summed E-state index contributed by atoms with van der Waals surface area (Å²) in [5.74, 6) is 1.73. The molecule has 4 nitrogen and oxygen atoms in total. The van der Waals surface area contributed by atoms with E-state index < -0.39 is 0 Å². The van der Waals surface area contributed by atoms with E-state index in [4.69, 9.17) is 4.42 Å². The van der Waals surface area contributed by atoms with Crippen LogP contribution in [-0.2, 0) is 25.7 Å². The van der Waals surface area contributed by atoms with Gasteiger partial charge in [0.05, 0.1) is 6.04 Å². The Kier molecular flexibility index (Phi) is 9.12. The fourth-order valence-corrected chi connectivity index (χ4v) is 15.1. The van der Waals surface area contributed by atoms with Crippen molar-refractivity contribution in [3.8, 4) is 0 Å². The van der Waals surface area contributed by atoms with Crippen molar-refractivity contribution >= 4 is 79.4 Å². The molecule has 5 aliphatic carbocycles. The van der Waals surface area contributed by atoms with Gasteiger partial charge in [-0.25, -0.2) is 0 Å². The molecule has 4 atom stereocenters. The zero-order chi connectivity index (χ0) is 45.3. The molecule has 69 heavy (non-hydrogen) atoms. The summed E-state index contributed by atoms with van der Waals surface area (Å²) in [5, 5.41) is 2.33. The van der Waals surface area contributed by atoms with Crippen LogP contribution in [0.4, 0.5) is 39.8 Å². The number of hydrogen-bond acceptors (Lipinski definition) is 4. The van der Waals surface area contributed by atoms with Gasteiger partial charge in [0.25, 0.3) is 0 Å². The van der Waals surface area contributed by atoms with E-state index in [2.05, 4.69) is 173 Å². The Morgan fingerprint density at radius 3 is 1.96 bits per heavy atom. The monoisotopic (exact) mass is 895 g/mol. The van der Waals surface area contributed by atoms with Crippen molar-refractivity contribution in [2.45, 2.75) is 108 Å². The van der Waals surface area contributed by atoms with Gasteiger partial charge in [-0.3, -0.25) is 0 Å². The number of rotatable bonds is 6. The molecular weight excluding hydrogens is 838 g/mol. The van der Waals surface area contributed by atoms with Crippen molar-refractivity contribution in [1.29, 1.82) is 0 Å². The molecule has 1 aromatic heterocycles. The number of fused-ring (bicyclic) bond motifs is 8. The molecule has 7 aliphatic rings. The molecule has 3 heterocycles. The number of anilines is 7. The minimum absolute atomic E-state index is 0.107. The molecule has 0 saturated carbocycles. The Hall–Kier alpha value is -6.72. The van der Waals surface area contributed by atoms with Gasteiger partial charge < -0.3 is 19.1 Å². The molecule has 7 aromatic carbocycles. The van der Waals surface area contributed by atoms with E-state index in [0.717, 1.165) is 40.0 Å². The molecule has 0 spiro atoms. The molecule has 0 amide bonds. The Balaban J connectivity index is 1.01. The molecule has 338 valence electrons. The zero-order valence-electron chi connectivity index (χ0n) is 39.8. The third-order valence-electron chi connectivity index (χ3n) is 17.8. The van der Waals surface area contributed by atoms with Gasteiger partial charge in [0.15, 0.2) is 0 Å². The molecule has 4 unspecified atom stereocenters. The average molecular weight is 896 g/mol. The highest BCUT2D eigenvalue weighted by Crippen LogP contribution is 2.55. The van der Waals surface area contributed by atoms with Crippen molar-refractivity contribution in [3.05, 3.63) is 196 Å². The number of furan rings is 1. The molecule has 0 N–H and O–H groups in total. The van der Waals surface area contributed by atoms with E-state index >= 15 is 0 Å². The van der Waals surface area contributed by atoms with E-state index in [0.29, 0.717) is 17.8 Å². The third kappa shape index (κ3) is 5.95. The standard InChI is InChI=1S/C64H58BN3O/c1-2-40-30-35-56-62-63(40)67(47-26-10-5-11-27-47)57-38-52-49-33-32-48(66(45-22-6-3-7-23-45)46-24-8-4-9-25-46)37-58(49)69-59(52)39-53(57)65(62)54-36-44-21-13-17-42-20-15-29-51(61(42)44)64(54)68(56)55-34-31-43-18-12-16-41-19-14-28-50(55)60(41)43/h3-11,22-27,30-42,63H,2,12-21,28-29H2,1H3. The second kappa shape index (κ2) is 15.7. The van der Waals surface area contributed by atoms with Gasteiger partial charge in [-0.05, 0) is 218 Å². The quantitative estimate of drug-likeness (QED) is 0.155. The van der Waals surface area contributed by atoms with Gasteiger partial charge >= 0.3 is 0 Å². The minimum Gasteiger partial charge on any atom is -0.456 e. The molecule has 15 rings (SSSR count). The normalized spacial score (nSPS) is 21.7. The molecule has 0 saturated heterocycles. The van der Waals surface area contributed by atoms with Crippen LogP contribution >= 0.6 is 0 Å². The third-order valence-corrected chi connectivity index (χ3v) is 17.8. The highest BCUT2D eigenvalue weighted by atomic mass is 16.3. The largest absolute Gasteiger partial charge is 0.456 e. The first-order valence-corrected chi connectivity index (χ1v) is 26.5. The Labute approximate surface area is 407 Å². The Morgan fingerprint density at radius 2 is 1.23 bits per heavy atom. The van der Waals surface area contributed by atoms with Crippen LogP contribution in [0.1, 0.15) is 110 Å². The predicted octanol–water partition coefficient (Wildman–Crippen LogP) is 15.2. The highest BCUT2D eigenvalue weighted by molar-refractivity contribution is 6.94. The van der Waals surface area contributed by atoms with Crippen LogP contribution in [0.3, 0.4) is 0 Å². The number of allylic oxidation sites excluding steroid dienone is 1. The molecule has 5 heteroatoms. The van der Waals surface area contributed by atoms with Crippen LogP contribution in [0.25, 0.3) is 21.9 Å². The van der Waals surface area contributed by atoms with Gasteiger partial charge in [0.2, 0.25) is 6.71 Å². The number of benzene rings is 7. The van der Waals surface area contributed by atoms with Gasteiger partial charge in [-0.15, -0.1) is 0 Å². The van der Waals surface area contributed by atoms with E-state index in [1.54, 1.807) is 38.9 Å². The lowest BCUT2D eigenvalue weighted by molar-refractivity contribution is 0.475. The van der Waals surface area contributed by atoms with Crippen molar-refractivity contribution in [1.82, 2.24) is 0 Å². The maximum Gasteiger partial charge on any atom is 0.247 e. The van der Waals surface area contributed by atoms with Crippen molar-refractivity contribution in [3.63, 3.8) is 0 Å². The molecular formula is C64H58BN3O. The first-order chi connectivity index (χ1) is 34.2. The minimum atomic E-state index is 0.107. The average Bonchev–Trinajstić information content (AvgIpc) is 3.76. The lowest BCUT2D eigenvalue weighted by Crippen LogP contribution is -2.63. The van der Waals surface area contributed by atoms with Crippen LogP contribution in [0, 0.1) is 5.92 Å². The van der Waals surface area contributed by atoms with Crippen molar-refractivity contribution in [2.75, 3.05) is 14.7 Å². The predicted molar refractivity (Wildman–Crippen MR) is 288 cm³/mol. The van der Waals surface area contributed by atoms with E-state index in [1.165, 1.54) is 122 Å². The van der Waals surface area contributed by atoms with Gasteiger partial charge in [-0.2, -0.15) is 0 Å². The number of hydrogen-bond donors (Lipinski definition) is 0. The number of para-hydroxylation sites is 3. The maximum atomic E-state index is 7.19. The second-order valence-corrected chi connectivity index (χ2v) is 21.4. The van der Waals surface area contributed by atoms with E-state index in [-0.39, 0.29) is 12.8 Å². The highest BCUT2D eigenvalue weighted by Gasteiger charge is 2.52. The fourth-order valence-electron chi connectivity index (χ4n) is 15.1. The van der Waals surface area contributed by atoms with E-state index in [9.17, 15) is 0 Å². The van der Waals surface area contributed by atoms with Crippen LogP contribution < -0.4 is 25.6 Å². The summed E-state index contributed by atoms with van der Waals surface area (Å²) >= 11 is 0. The van der Waals surface area contributed by atoms with Crippen LogP contribution in [0.5, 0.6) is 0 Å². The smallest absolute Gasteiger partial charge is 0.247 e. The summed E-state index contributed by atoms with van der Waals surface area (Å²) in [6, 6.07) is 52.7. The summed E-state index contributed by atoms with van der Waals surface area (Å²) in [6.45, 7) is 2.52. The molecule has 8 aromatic rings. The van der Waals surface area contributed by atoms with Gasteiger partial charge in [0, 0.05) is 68.3 Å². The molecule has 0 radical (unpaired) electrons. The zero-order valence-corrected chi connectivity index (χ0v) is 39.8. The first kappa shape index (κ1) is 40.2. The van der Waals surface area contributed by atoms with Crippen LogP contribution in [0.15, 0.2) is 167 Å². The molecule has 2 aliphatic heterocycles. The maximum absolute atomic E-state index is 7.19. The second-order valence-electron chi connectivity index (χ2n) is 21.4. The fraction of sp³-hybridized carbons (Fsp3) is 0.281. The first-order valence-electron chi connectivity index (χ1n) is 26.5. The summed E-state index contributed by atoms with van der Waals surface area (Å²) in [6.07, 6.45) is 21.6. The topological polar surface area (TPSA) is 22.9 Å². The van der Waals surface area contributed by atoms with Gasteiger partial charge in [-0.1, -0.05) is 79.7 Å². The SMILES string of the molecule is CCC1C=CC2=C3B(c4cc5oc6cc(N(c7ccccc7)c7ccccc7)ccc6c5cc4N(c4ccccc4)C31)c1cc3c4c(c1N2c1ccc2c5c1CCCC5CCC2)CCCC4CCC3. The van der Waals surface area contributed by atoms with Crippen molar-refractivity contribution in [2.24, 2.45) is 5.92 Å². The van der Waals surface area contributed by atoms with Crippen molar-refractivity contribution < 1.29 is 4.42 Å². The summed E-state index contributed by atoms with van der Waals surface area (Å²) < 4.78 is 7.19. The summed E-state index contributed by atoms with van der Waals surface area (Å²) in [7, 11) is 0. The van der Waals surface area contributed by atoms with Crippen LogP contribution in [0.2, 0.25) is 0 Å². The Bertz CT molecular complexity index is 3400. The van der Waals surface area contributed by atoms with E-state index in [1.807, 2.05) is 0 Å². The lowest BCUT2D eigenvalue weighted by atomic mass is 9.30. The van der Waals surface area contributed by atoms with Gasteiger partial charge in [0.1, 0.15) is 11.2 Å². The Morgan fingerprint density at radius 1 is 0.580 bits per heavy atom.